The molecule has 0 spiro atoms. The summed E-state index contributed by atoms with van der Waals surface area (Å²) in [5.41, 5.74) is 0.943. The van der Waals surface area contributed by atoms with Gasteiger partial charge in [0.1, 0.15) is 6.26 Å². The molecule has 1 aromatic heterocycles. The number of nitrogens with zero attached hydrogens (tertiary/aromatic N) is 1. The lowest BCUT2D eigenvalue weighted by atomic mass is 10.2. The van der Waals surface area contributed by atoms with Gasteiger partial charge < -0.3 is 9.73 Å². The van der Waals surface area contributed by atoms with E-state index in [1.165, 1.54) is 6.42 Å². The number of oxazole rings is 1. The van der Waals surface area contributed by atoms with Crippen LogP contribution in [0.5, 0.6) is 0 Å². The van der Waals surface area contributed by atoms with Crippen LogP contribution in [0.3, 0.4) is 0 Å². The average molecular weight is 228 g/mol. The van der Waals surface area contributed by atoms with Crippen molar-refractivity contribution in [3.8, 4) is 0 Å². The predicted molar refractivity (Wildman–Crippen MR) is 64.3 cm³/mol. The number of hydrogen-bond acceptors (Lipinski definition) is 4. The number of rotatable bonds is 6. The van der Waals surface area contributed by atoms with Gasteiger partial charge in [-0.05, 0) is 26.8 Å². The average Bonchev–Trinajstić information content (AvgIpc) is 2.60. The minimum absolute atomic E-state index is 0.467. The van der Waals surface area contributed by atoms with Gasteiger partial charge in [-0.2, -0.15) is 0 Å². The topological polar surface area (TPSA) is 38.1 Å². The van der Waals surface area contributed by atoms with E-state index < -0.39 is 0 Å². The number of aromatic nitrogens is 1. The molecule has 0 fully saturated rings. The monoisotopic (exact) mass is 228 g/mol. The Balaban J connectivity index is 2.37. The van der Waals surface area contributed by atoms with E-state index in [-0.39, 0.29) is 0 Å². The third-order valence-electron chi connectivity index (χ3n) is 2.31. The molecule has 0 radical (unpaired) electrons. The molecule has 15 heavy (non-hydrogen) atoms. The third-order valence-corrected chi connectivity index (χ3v) is 3.47. The van der Waals surface area contributed by atoms with E-state index in [4.69, 9.17) is 4.42 Å². The van der Waals surface area contributed by atoms with Crippen LogP contribution >= 0.6 is 11.8 Å². The zero-order valence-electron chi connectivity index (χ0n) is 9.91. The molecule has 1 aromatic rings. The highest BCUT2D eigenvalue weighted by Gasteiger charge is 2.15. The first-order valence-corrected chi connectivity index (χ1v) is 6.33. The van der Waals surface area contributed by atoms with Crippen LogP contribution in [0.25, 0.3) is 0 Å². The van der Waals surface area contributed by atoms with E-state index in [0.29, 0.717) is 11.3 Å². The molecule has 0 amide bonds. The van der Waals surface area contributed by atoms with Gasteiger partial charge in [-0.1, -0.05) is 25.6 Å². The molecule has 0 bridgehead atoms. The lowest BCUT2D eigenvalue weighted by molar-refractivity contribution is 0.450. The number of nitrogens with one attached hydrogen (secondary N) is 1. The van der Waals surface area contributed by atoms with Crippen LogP contribution in [0.1, 0.15) is 32.9 Å². The smallest absolute Gasteiger partial charge is 0.256 e. The van der Waals surface area contributed by atoms with Gasteiger partial charge in [-0.15, -0.1) is 0 Å². The standard InChI is InChI=1S/C11H20N2OS/c1-5-6-12-9(3)10(4)15-11-13-8(2)7-14-11/h7,9-10,12H,5-6H2,1-4H3. The summed E-state index contributed by atoms with van der Waals surface area (Å²) in [5, 5.41) is 4.70. The maximum Gasteiger partial charge on any atom is 0.256 e. The molecule has 2 atom stereocenters. The maximum atomic E-state index is 5.31. The Hall–Kier alpha value is -0.480. The summed E-state index contributed by atoms with van der Waals surface area (Å²) < 4.78 is 5.31. The van der Waals surface area contributed by atoms with E-state index in [1.807, 2.05) is 6.92 Å². The summed E-state index contributed by atoms with van der Waals surface area (Å²) in [7, 11) is 0. The summed E-state index contributed by atoms with van der Waals surface area (Å²) in [6.07, 6.45) is 2.86. The van der Waals surface area contributed by atoms with Crippen molar-refractivity contribution in [3.63, 3.8) is 0 Å². The highest BCUT2D eigenvalue weighted by atomic mass is 32.2. The van der Waals surface area contributed by atoms with Crippen LogP contribution in [0.15, 0.2) is 15.9 Å². The fourth-order valence-corrected chi connectivity index (χ4v) is 2.10. The van der Waals surface area contributed by atoms with Crippen molar-refractivity contribution in [2.75, 3.05) is 6.54 Å². The van der Waals surface area contributed by atoms with Gasteiger partial charge in [-0.3, -0.25) is 0 Å². The molecule has 2 unspecified atom stereocenters. The quantitative estimate of drug-likeness (QED) is 0.760. The highest BCUT2D eigenvalue weighted by Crippen LogP contribution is 2.24. The molecule has 0 saturated heterocycles. The molecule has 3 nitrogen and oxygen atoms in total. The normalized spacial score (nSPS) is 15.2. The van der Waals surface area contributed by atoms with Crippen molar-refractivity contribution < 1.29 is 4.42 Å². The molecular weight excluding hydrogens is 208 g/mol. The van der Waals surface area contributed by atoms with Gasteiger partial charge in [0, 0.05) is 11.3 Å². The molecule has 1 rings (SSSR count). The Bertz CT molecular complexity index is 288. The molecule has 1 N–H and O–H groups in total. The van der Waals surface area contributed by atoms with Gasteiger partial charge in [0.15, 0.2) is 0 Å². The van der Waals surface area contributed by atoms with Crippen LogP contribution in [0.2, 0.25) is 0 Å². The minimum Gasteiger partial charge on any atom is -0.440 e. The van der Waals surface area contributed by atoms with E-state index >= 15 is 0 Å². The lowest BCUT2D eigenvalue weighted by Gasteiger charge is -2.18. The second-order valence-electron chi connectivity index (χ2n) is 3.82. The van der Waals surface area contributed by atoms with Gasteiger partial charge >= 0.3 is 0 Å². The first-order valence-electron chi connectivity index (χ1n) is 5.45. The molecule has 0 aromatic carbocycles. The van der Waals surface area contributed by atoms with Crippen LogP contribution in [-0.4, -0.2) is 22.8 Å². The second kappa shape index (κ2) is 6.18. The summed E-state index contributed by atoms with van der Waals surface area (Å²) >= 11 is 1.68. The first-order chi connectivity index (χ1) is 7.13. The molecule has 0 aliphatic rings. The van der Waals surface area contributed by atoms with Crippen molar-refractivity contribution in [1.82, 2.24) is 10.3 Å². The van der Waals surface area contributed by atoms with E-state index in [9.17, 15) is 0 Å². The first kappa shape index (κ1) is 12.6. The molecule has 0 aliphatic carbocycles. The van der Waals surface area contributed by atoms with Crippen LogP contribution < -0.4 is 5.32 Å². The summed E-state index contributed by atoms with van der Waals surface area (Å²) in [5.74, 6) is 0. The minimum atomic E-state index is 0.467. The van der Waals surface area contributed by atoms with Gasteiger partial charge in [-0.25, -0.2) is 4.98 Å². The zero-order chi connectivity index (χ0) is 11.3. The number of aryl methyl sites for hydroxylation is 1. The Kier molecular flexibility index (Phi) is 5.19. The fraction of sp³-hybridized carbons (Fsp3) is 0.727. The van der Waals surface area contributed by atoms with E-state index in [2.05, 4.69) is 31.1 Å². The molecular formula is C11H20N2OS. The predicted octanol–water partition coefficient (Wildman–Crippen LogP) is 2.85. The Morgan fingerprint density at radius 2 is 2.27 bits per heavy atom. The third kappa shape index (κ3) is 4.26. The summed E-state index contributed by atoms with van der Waals surface area (Å²) in [6, 6.07) is 0.474. The van der Waals surface area contributed by atoms with Crippen LogP contribution in [0, 0.1) is 6.92 Å². The highest BCUT2D eigenvalue weighted by molar-refractivity contribution is 7.99. The van der Waals surface area contributed by atoms with Crippen molar-refractivity contribution in [2.24, 2.45) is 0 Å². The van der Waals surface area contributed by atoms with Crippen LogP contribution in [0.4, 0.5) is 0 Å². The Morgan fingerprint density at radius 3 is 2.80 bits per heavy atom. The van der Waals surface area contributed by atoms with Gasteiger partial charge in [0.25, 0.3) is 5.22 Å². The van der Waals surface area contributed by atoms with E-state index in [1.54, 1.807) is 18.0 Å². The molecule has 0 saturated carbocycles. The van der Waals surface area contributed by atoms with Gasteiger partial charge in [0.2, 0.25) is 0 Å². The van der Waals surface area contributed by atoms with Crippen molar-refractivity contribution in [1.29, 1.82) is 0 Å². The van der Waals surface area contributed by atoms with Crippen LogP contribution in [-0.2, 0) is 0 Å². The van der Waals surface area contributed by atoms with Crippen molar-refractivity contribution in [3.05, 3.63) is 12.0 Å². The zero-order valence-corrected chi connectivity index (χ0v) is 10.7. The van der Waals surface area contributed by atoms with Crippen molar-refractivity contribution in [2.45, 2.75) is 50.6 Å². The maximum absolute atomic E-state index is 5.31. The summed E-state index contributed by atoms with van der Waals surface area (Å²) in [6.45, 7) is 9.57. The number of hydrogen-bond donors (Lipinski definition) is 1. The molecule has 0 aliphatic heterocycles. The largest absolute Gasteiger partial charge is 0.440 e. The Morgan fingerprint density at radius 1 is 1.53 bits per heavy atom. The van der Waals surface area contributed by atoms with Crippen molar-refractivity contribution >= 4 is 11.8 Å². The van der Waals surface area contributed by atoms with E-state index in [0.717, 1.165) is 17.5 Å². The molecule has 4 heteroatoms. The lowest BCUT2D eigenvalue weighted by Crippen LogP contribution is -2.34. The summed E-state index contributed by atoms with van der Waals surface area (Å²) in [4.78, 5) is 4.28. The SMILES string of the molecule is CCCNC(C)C(C)Sc1nc(C)co1. The Labute approximate surface area is 96.0 Å². The fourth-order valence-electron chi connectivity index (χ4n) is 1.19. The van der Waals surface area contributed by atoms with Gasteiger partial charge in [0.05, 0.1) is 5.69 Å². The molecule has 1 heterocycles. The second-order valence-corrected chi connectivity index (χ2v) is 5.15. The molecule has 86 valence electrons. The number of thioether (sulfide) groups is 1.